The smallest absolute Gasteiger partial charge is 0.350 e. The first-order valence-corrected chi connectivity index (χ1v) is 4.47. The molecule has 0 aromatic rings. The van der Waals surface area contributed by atoms with Crippen molar-refractivity contribution in [3.8, 4) is 0 Å². The summed E-state index contributed by atoms with van der Waals surface area (Å²) in [6.07, 6.45) is 1.64. The second-order valence-corrected chi connectivity index (χ2v) is 3.28. The number of ether oxygens (including phenoxy) is 2. The number of esters is 2. The number of hydrogen-bond acceptors (Lipinski definition) is 4. The van der Waals surface area contributed by atoms with Gasteiger partial charge in [-0.3, -0.25) is 4.79 Å². The maximum atomic E-state index is 11.4. The molecule has 0 aromatic carbocycles. The molecule has 4 nitrogen and oxygen atoms in total. The van der Waals surface area contributed by atoms with Gasteiger partial charge in [0.2, 0.25) is 5.60 Å². The molecule has 1 heterocycles. The lowest BCUT2D eigenvalue weighted by Crippen LogP contribution is -2.44. The Morgan fingerprint density at radius 2 is 2.38 bits per heavy atom. The minimum atomic E-state index is -1.05. The van der Waals surface area contributed by atoms with Crippen LogP contribution in [-0.4, -0.2) is 24.1 Å². The highest BCUT2D eigenvalue weighted by Crippen LogP contribution is 2.26. The molecule has 0 saturated carbocycles. The van der Waals surface area contributed by atoms with Crippen molar-refractivity contribution >= 4 is 11.9 Å². The molecule has 0 N–H and O–H groups in total. The Hall–Kier alpha value is -1.06. The summed E-state index contributed by atoms with van der Waals surface area (Å²) in [6.45, 7) is 3.64. The van der Waals surface area contributed by atoms with Crippen molar-refractivity contribution in [2.45, 2.75) is 38.7 Å². The van der Waals surface area contributed by atoms with Gasteiger partial charge < -0.3 is 9.47 Å². The highest BCUT2D eigenvalue weighted by Gasteiger charge is 2.41. The van der Waals surface area contributed by atoms with Crippen LogP contribution in [0.5, 0.6) is 0 Å². The van der Waals surface area contributed by atoms with Crippen molar-refractivity contribution in [1.29, 1.82) is 0 Å². The fourth-order valence-corrected chi connectivity index (χ4v) is 1.35. The second-order valence-electron chi connectivity index (χ2n) is 3.28. The molecular formula is C9H14O4. The fraction of sp³-hybridized carbons (Fsp3) is 0.778. The van der Waals surface area contributed by atoms with Gasteiger partial charge in [-0.25, -0.2) is 4.79 Å². The second kappa shape index (κ2) is 3.77. The summed E-state index contributed by atoms with van der Waals surface area (Å²) in [6, 6.07) is 0. The normalized spacial score (nSPS) is 28.0. The molecule has 0 bridgehead atoms. The van der Waals surface area contributed by atoms with E-state index >= 15 is 0 Å². The molecular weight excluding hydrogens is 172 g/mol. The maximum absolute atomic E-state index is 11.4. The quantitative estimate of drug-likeness (QED) is 0.604. The molecule has 1 aliphatic rings. The van der Waals surface area contributed by atoms with Crippen molar-refractivity contribution in [3.05, 3.63) is 0 Å². The van der Waals surface area contributed by atoms with Gasteiger partial charge in [-0.2, -0.15) is 0 Å². The van der Waals surface area contributed by atoms with Crippen LogP contribution >= 0.6 is 0 Å². The van der Waals surface area contributed by atoms with Crippen LogP contribution in [0.25, 0.3) is 0 Å². The van der Waals surface area contributed by atoms with Crippen LogP contribution < -0.4 is 0 Å². The Kier molecular flexibility index (Phi) is 2.90. The standard InChI is InChI=1S/C9H14O4/c1-3-12-8(11)9(2)6-4-5-7(10)13-9/h3-6H2,1-2H3/t9-/m0/s1. The van der Waals surface area contributed by atoms with E-state index in [1.807, 2.05) is 0 Å². The van der Waals surface area contributed by atoms with Gasteiger partial charge >= 0.3 is 11.9 Å². The first-order valence-electron chi connectivity index (χ1n) is 4.47. The zero-order valence-electron chi connectivity index (χ0n) is 7.96. The predicted molar refractivity (Wildman–Crippen MR) is 45.0 cm³/mol. The van der Waals surface area contributed by atoms with Crippen molar-refractivity contribution in [3.63, 3.8) is 0 Å². The van der Waals surface area contributed by atoms with Crippen LogP contribution in [0.3, 0.4) is 0 Å². The summed E-state index contributed by atoms with van der Waals surface area (Å²) in [5.74, 6) is -0.759. The minimum Gasteiger partial charge on any atom is -0.463 e. The molecule has 1 fully saturated rings. The Morgan fingerprint density at radius 3 is 2.92 bits per heavy atom. The van der Waals surface area contributed by atoms with Gasteiger partial charge in [0.25, 0.3) is 0 Å². The third kappa shape index (κ3) is 2.20. The molecule has 13 heavy (non-hydrogen) atoms. The zero-order chi connectivity index (χ0) is 9.90. The summed E-state index contributed by atoms with van der Waals surface area (Å²) < 4.78 is 9.79. The van der Waals surface area contributed by atoms with Gasteiger partial charge in [0, 0.05) is 6.42 Å². The first kappa shape index (κ1) is 10.0. The Morgan fingerprint density at radius 1 is 1.69 bits per heavy atom. The summed E-state index contributed by atoms with van der Waals surface area (Å²) in [5, 5.41) is 0. The lowest BCUT2D eigenvalue weighted by molar-refractivity contribution is -0.186. The third-order valence-corrected chi connectivity index (χ3v) is 2.08. The van der Waals surface area contributed by atoms with Crippen LogP contribution in [0.15, 0.2) is 0 Å². The van der Waals surface area contributed by atoms with E-state index in [4.69, 9.17) is 9.47 Å². The van der Waals surface area contributed by atoms with E-state index in [-0.39, 0.29) is 5.97 Å². The van der Waals surface area contributed by atoms with Crippen molar-refractivity contribution in [2.24, 2.45) is 0 Å². The number of hydrogen-bond donors (Lipinski definition) is 0. The molecule has 74 valence electrons. The third-order valence-electron chi connectivity index (χ3n) is 2.08. The molecule has 0 unspecified atom stereocenters. The maximum Gasteiger partial charge on any atom is 0.350 e. The van der Waals surface area contributed by atoms with E-state index in [2.05, 4.69) is 0 Å². The van der Waals surface area contributed by atoms with Crippen LogP contribution in [0.2, 0.25) is 0 Å². The average Bonchev–Trinajstić information content (AvgIpc) is 2.04. The summed E-state index contributed by atoms with van der Waals surface area (Å²) in [4.78, 5) is 22.3. The molecule has 0 aliphatic carbocycles. The van der Waals surface area contributed by atoms with E-state index in [1.165, 1.54) is 0 Å². The monoisotopic (exact) mass is 186 g/mol. The molecule has 1 saturated heterocycles. The molecule has 0 amide bonds. The topological polar surface area (TPSA) is 52.6 Å². The first-order chi connectivity index (χ1) is 6.08. The van der Waals surface area contributed by atoms with Crippen LogP contribution in [0.4, 0.5) is 0 Å². The lowest BCUT2D eigenvalue weighted by Gasteiger charge is -2.30. The largest absolute Gasteiger partial charge is 0.463 e. The fourth-order valence-electron chi connectivity index (χ4n) is 1.35. The van der Waals surface area contributed by atoms with Crippen molar-refractivity contribution in [2.75, 3.05) is 6.61 Å². The van der Waals surface area contributed by atoms with Crippen LogP contribution in [0.1, 0.15) is 33.1 Å². The Balaban J connectivity index is 2.63. The minimum absolute atomic E-state index is 0.311. The molecule has 1 rings (SSSR count). The van der Waals surface area contributed by atoms with Crippen LogP contribution in [0, 0.1) is 0 Å². The molecule has 0 radical (unpaired) electrons. The predicted octanol–water partition coefficient (Wildman–Crippen LogP) is 1.04. The van der Waals surface area contributed by atoms with Gasteiger partial charge in [0.15, 0.2) is 0 Å². The SMILES string of the molecule is CCOC(=O)[C@]1(C)CCCC(=O)O1. The summed E-state index contributed by atoms with van der Waals surface area (Å²) in [5.41, 5.74) is -1.05. The number of carbonyl (C=O) groups excluding carboxylic acids is 2. The number of rotatable bonds is 2. The Labute approximate surface area is 77.2 Å². The van der Waals surface area contributed by atoms with Gasteiger partial charge in [-0.15, -0.1) is 0 Å². The van der Waals surface area contributed by atoms with E-state index < -0.39 is 11.6 Å². The molecule has 0 aromatic heterocycles. The van der Waals surface area contributed by atoms with E-state index in [0.717, 1.165) is 0 Å². The highest BCUT2D eigenvalue weighted by atomic mass is 16.6. The Bertz CT molecular complexity index is 224. The van der Waals surface area contributed by atoms with Crippen molar-refractivity contribution in [1.82, 2.24) is 0 Å². The van der Waals surface area contributed by atoms with Gasteiger partial charge in [-0.1, -0.05) is 0 Å². The van der Waals surface area contributed by atoms with Gasteiger partial charge in [0.05, 0.1) is 6.61 Å². The van der Waals surface area contributed by atoms with E-state index in [0.29, 0.717) is 25.9 Å². The molecule has 4 heteroatoms. The zero-order valence-corrected chi connectivity index (χ0v) is 7.96. The lowest BCUT2D eigenvalue weighted by atomic mass is 9.96. The summed E-state index contributed by atoms with van der Waals surface area (Å²) >= 11 is 0. The average molecular weight is 186 g/mol. The molecule has 1 atom stereocenters. The van der Waals surface area contributed by atoms with Gasteiger partial charge in [0.1, 0.15) is 0 Å². The van der Waals surface area contributed by atoms with Crippen LogP contribution in [-0.2, 0) is 19.1 Å². The van der Waals surface area contributed by atoms with E-state index in [9.17, 15) is 9.59 Å². The number of carbonyl (C=O) groups is 2. The highest BCUT2D eigenvalue weighted by molar-refractivity contribution is 5.84. The van der Waals surface area contributed by atoms with E-state index in [1.54, 1.807) is 13.8 Å². The number of cyclic esters (lactones) is 1. The molecule has 1 aliphatic heterocycles. The van der Waals surface area contributed by atoms with Gasteiger partial charge in [-0.05, 0) is 26.7 Å². The molecule has 0 spiro atoms. The summed E-state index contributed by atoms with van der Waals surface area (Å²) in [7, 11) is 0. The van der Waals surface area contributed by atoms with Crippen molar-refractivity contribution < 1.29 is 19.1 Å².